The van der Waals surface area contributed by atoms with Crippen LogP contribution in [0.2, 0.25) is 0 Å². The van der Waals surface area contributed by atoms with E-state index in [2.05, 4.69) is 71.9 Å². The number of benzene rings is 1. The lowest BCUT2D eigenvalue weighted by atomic mass is 9.87. The SMILES string of the molecule is CC(C)=CCC/C(C)=C/CC/C(C)=C/CC[C@]1(C)CCc2cc(OCCCCO)cc(C)c2O1. The van der Waals surface area contributed by atoms with E-state index in [0.717, 1.165) is 74.8 Å². The van der Waals surface area contributed by atoms with Gasteiger partial charge in [-0.25, -0.2) is 0 Å². The summed E-state index contributed by atoms with van der Waals surface area (Å²) in [6, 6.07) is 4.23. The fourth-order valence-electron chi connectivity index (χ4n) is 4.47. The summed E-state index contributed by atoms with van der Waals surface area (Å²) in [6.07, 6.45) is 17.6. The van der Waals surface area contributed by atoms with Gasteiger partial charge in [-0.05, 0) is 129 Å². The van der Waals surface area contributed by atoms with Gasteiger partial charge in [-0.3, -0.25) is 0 Å². The summed E-state index contributed by atoms with van der Waals surface area (Å²) in [6.45, 7) is 14.1. The standard InChI is InChI=1S/C31H48O3/c1-24(2)12-9-13-25(3)14-10-15-26(4)16-11-18-31(6)19-17-28-23-29(33-21-8-7-20-32)22-27(5)30(28)34-31/h12,14,16,22-23,32H,7-11,13,15,17-21H2,1-6H3/b25-14+,26-16+/t31-/m1/s1. The molecule has 1 heterocycles. The lowest BCUT2D eigenvalue weighted by Crippen LogP contribution is -2.36. The van der Waals surface area contributed by atoms with Crippen molar-refractivity contribution in [1.82, 2.24) is 0 Å². The highest BCUT2D eigenvalue weighted by atomic mass is 16.5. The molecule has 0 aromatic heterocycles. The molecule has 3 nitrogen and oxygen atoms in total. The van der Waals surface area contributed by atoms with Gasteiger partial charge in [-0.15, -0.1) is 0 Å². The topological polar surface area (TPSA) is 38.7 Å². The van der Waals surface area contributed by atoms with E-state index in [0.29, 0.717) is 6.61 Å². The Morgan fingerprint density at radius 3 is 2.35 bits per heavy atom. The number of aliphatic hydroxyl groups excluding tert-OH is 1. The molecule has 1 aliphatic heterocycles. The maximum Gasteiger partial charge on any atom is 0.126 e. The van der Waals surface area contributed by atoms with Crippen LogP contribution >= 0.6 is 0 Å². The fraction of sp³-hybridized carbons (Fsp3) is 0.613. The van der Waals surface area contributed by atoms with Crippen molar-refractivity contribution < 1.29 is 14.6 Å². The molecule has 1 atom stereocenters. The van der Waals surface area contributed by atoms with E-state index in [1.807, 2.05) is 0 Å². The Bertz CT molecular complexity index is 858. The Balaban J connectivity index is 1.81. The van der Waals surface area contributed by atoms with Crippen LogP contribution < -0.4 is 9.47 Å². The lowest BCUT2D eigenvalue weighted by molar-refractivity contribution is 0.0561. The molecule has 0 aliphatic carbocycles. The maximum atomic E-state index is 8.92. The third-order valence-corrected chi connectivity index (χ3v) is 6.71. The molecule has 0 saturated heterocycles. The molecule has 1 aliphatic rings. The van der Waals surface area contributed by atoms with E-state index < -0.39 is 0 Å². The highest BCUT2D eigenvalue weighted by Crippen LogP contribution is 2.40. The molecule has 190 valence electrons. The minimum Gasteiger partial charge on any atom is -0.494 e. The zero-order valence-electron chi connectivity index (χ0n) is 22.6. The first-order valence-corrected chi connectivity index (χ1v) is 13.2. The lowest BCUT2D eigenvalue weighted by Gasteiger charge is -2.37. The van der Waals surface area contributed by atoms with Crippen LogP contribution in [0.15, 0.2) is 47.1 Å². The smallest absolute Gasteiger partial charge is 0.126 e. The molecular weight excluding hydrogens is 420 g/mol. The van der Waals surface area contributed by atoms with Crippen LogP contribution in [0.5, 0.6) is 11.5 Å². The van der Waals surface area contributed by atoms with Crippen LogP contribution in [0.3, 0.4) is 0 Å². The zero-order chi connectivity index (χ0) is 25.0. The van der Waals surface area contributed by atoms with Gasteiger partial charge >= 0.3 is 0 Å². The number of rotatable bonds is 14. The maximum absolute atomic E-state index is 8.92. The average Bonchev–Trinajstić information content (AvgIpc) is 2.77. The number of allylic oxidation sites excluding steroid dienone is 6. The minimum atomic E-state index is -0.112. The monoisotopic (exact) mass is 468 g/mol. The number of unbranched alkanes of at least 4 members (excludes halogenated alkanes) is 1. The number of aryl methyl sites for hydroxylation is 2. The molecule has 1 aromatic rings. The molecule has 3 heteroatoms. The summed E-state index contributed by atoms with van der Waals surface area (Å²) in [5.74, 6) is 1.96. The van der Waals surface area contributed by atoms with Gasteiger partial charge in [0.25, 0.3) is 0 Å². The molecular formula is C31H48O3. The molecule has 0 saturated carbocycles. The first-order chi connectivity index (χ1) is 16.2. The average molecular weight is 469 g/mol. The fourth-order valence-corrected chi connectivity index (χ4v) is 4.47. The molecule has 1 N–H and O–H groups in total. The van der Waals surface area contributed by atoms with Crippen LogP contribution in [-0.4, -0.2) is 23.9 Å². The summed E-state index contributed by atoms with van der Waals surface area (Å²) in [7, 11) is 0. The van der Waals surface area contributed by atoms with Gasteiger partial charge < -0.3 is 14.6 Å². The molecule has 0 unspecified atom stereocenters. The number of ether oxygens (including phenoxy) is 2. The summed E-state index contributed by atoms with van der Waals surface area (Å²) >= 11 is 0. The second-order valence-electron chi connectivity index (χ2n) is 10.6. The highest BCUT2D eigenvalue weighted by molar-refractivity contribution is 5.48. The van der Waals surface area contributed by atoms with Gasteiger partial charge in [0.2, 0.25) is 0 Å². The molecule has 1 aromatic carbocycles. The van der Waals surface area contributed by atoms with Crippen molar-refractivity contribution in [1.29, 1.82) is 0 Å². The van der Waals surface area contributed by atoms with Crippen molar-refractivity contribution >= 4 is 0 Å². The summed E-state index contributed by atoms with van der Waals surface area (Å²) < 4.78 is 12.5. The van der Waals surface area contributed by atoms with Crippen molar-refractivity contribution in [2.75, 3.05) is 13.2 Å². The van der Waals surface area contributed by atoms with Gasteiger partial charge in [0.05, 0.1) is 6.61 Å². The van der Waals surface area contributed by atoms with E-state index in [1.165, 1.54) is 28.7 Å². The molecule has 2 rings (SSSR count). The number of aliphatic hydroxyl groups is 1. The molecule has 0 radical (unpaired) electrons. The van der Waals surface area contributed by atoms with Gasteiger partial charge in [0, 0.05) is 6.61 Å². The van der Waals surface area contributed by atoms with Crippen molar-refractivity contribution in [2.24, 2.45) is 0 Å². The number of hydrogen-bond acceptors (Lipinski definition) is 3. The van der Waals surface area contributed by atoms with E-state index in [9.17, 15) is 0 Å². The Hall–Kier alpha value is -2.00. The second kappa shape index (κ2) is 14.4. The van der Waals surface area contributed by atoms with Gasteiger partial charge in [0.15, 0.2) is 0 Å². The van der Waals surface area contributed by atoms with Crippen molar-refractivity contribution in [2.45, 2.75) is 111 Å². The molecule has 34 heavy (non-hydrogen) atoms. The predicted molar refractivity (Wildman–Crippen MR) is 145 cm³/mol. The van der Waals surface area contributed by atoms with Gasteiger partial charge in [-0.2, -0.15) is 0 Å². The molecule has 0 fully saturated rings. The zero-order valence-corrected chi connectivity index (χ0v) is 22.6. The third-order valence-electron chi connectivity index (χ3n) is 6.71. The summed E-state index contributed by atoms with van der Waals surface area (Å²) in [4.78, 5) is 0. The minimum absolute atomic E-state index is 0.112. The number of hydrogen-bond donors (Lipinski definition) is 1. The van der Waals surface area contributed by atoms with Crippen LogP contribution in [0.4, 0.5) is 0 Å². The summed E-state index contributed by atoms with van der Waals surface area (Å²) in [5, 5.41) is 8.92. The normalized spacial score (nSPS) is 18.3. The largest absolute Gasteiger partial charge is 0.494 e. The van der Waals surface area contributed by atoms with E-state index >= 15 is 0 Å². The quantitative estimate of drug-likeness (QED) is 0.220. The van der Waals surface area contributed by atoms with Crippen LogP contribution in [-0.2, 0) is 6.42 Å². The van der Waals surface area contributed by atoms with Crippen molar-refractivity contribution in [3.05, 3.63) is 58.2 Å². The second-order valence-corrected chi connectivity index (χ2v) is 10.6. The Labute approximate surface area is 209 Å². The van der Waals surface area contributed by atoms with Gasteiger partial charge in [-0.1, -0.05) is 34.9 Å². The van der Waals surface area contributed by atoms with E-state index in [-0.39, 0.29) is 12.2 Å². The Kier molecular flexibility index (Phi) is 12.0. The predicted octanol–water partition coefficient (Wildman–Crippen LogP) is 8.43. The number of fused-ring (bicyclic) bond motifs is 1. The third kappa shape index (κ3) is 10.1. The molecule has 0 amide bonds. The first kappa shape index (κ1) is 28.2. The summed E-state index contributed by atoms with van der Waals surface area (Å²) in [5.41, 5.74) is 6.69. The first-order valence-electron chi connectivity index (χ1n) is 13.2. The molecule has 0 bridgehead atoms. The van der Waals surface area contributed by atoms with Crippen molar-refractivity contribution in [3.63, 3.8) is 0 Å². The highest BCUT2D eigenvalue weighted by Gasteiger charge is 2.32. The van der Waals surface area contributed by atoms with Gasteiger partial charge in [0.1, 0.15) is 17.1 Å². The Morgan fingerprint density at radius 1 is 1.00 bits per heavy atom. The van der Waals surface area contributed by atoms with Crippen LogP contribution in [0, 0.1) is 6.92 Å². The Morgan fingerprint density at radius 2 is 1.68 bits per heavy atom. The van der Waals surface area contributed by atoms with Crippen molar-refractivity contribution in [3.8, 4) is 11.5 Å². The molecule has 0 spiro atoms. The van der Waals surface area contributed by atoms with E-state index in [1.54, 1.807) is 0 Å². The van der Waals surface area contributed by atoms with E-state index in [4.69, 9.17) is 14.6 Å². The van der Waals surface area contributed by atoms with Crippen LogP contribution in [0.25, 0.3) is 0 Å². The van der Waals surface area contributed by atoms with Crippen LogP contribution in [0.1, 0.15) is 104 Å².